The molecule has 0 unspecified atom stereocenters. The van der Waals surface area contributed by atoms with E-state index in [9.17, 15) is 8.42 Å². The van der Waals surface area contributed by atoms with E-state index >= 15 is 0 Å². The monoisotopic (exact) mass is 202 g/mol. The molecule has 0 aromatic heterocycles. The molecular formula is C6H11KO3S. The van der Waals surface area contributed by atoms with Crippen LogP contribution < -0.4 is 51.4 Å². The molecule has 0 aromatic rings. The van der Waals surface area contributed by atoms with Crippen LogP contribution in [-0.4, -0.2) is 5.60 Å². The van der Waals surface area contributed by atoms with Crippen LogP contribution in [0.1, 0.15) is 32.6 Å². The Hall–Kier alpha value is 1.55. The zero-order valence-electron chi connectivity index (χ0n) is 6.96. The predicted molar refractivity (Wildman–Crippen MR) is 36.7 cm³/mol. The first-order valence-corrected chi connectivity index (χ1v) is 4.41. The van der Waals surface area contributed by atoms with Gasteiger partial charge in [0.15, 0.2) is 0 Å². The van der Waals surface area contributed by atoms with Crippen LogP contribution in [0.3, 0.4) is 0 Å². The van der Waals surface area contributed by atoms with Gasteiger partial charge in [-0.15, -0.1) is 0 Å². The smallest absolute Gasteiger partial charge is 0.419 e. The van der Waals surface area contributed by atoms with E-state index in [-0.39, 0.29) is 51.4 Å². The summed E-state index contributed by atoms with van der Waals surface area (Å²) >= 11 is 0. The van der Waals surface area contributed by atoms with Crippen molar-refractivity contribution in [1.29, 1.82) is 0 Å². The van der Waals surface area contributed by atoms with Gasteiger partial charge in [0, 0.05) is 5.60 Å². The Balaban J connectivity index is 0.000001000. The van der Waals surface area contributed by atoms with Gasteiger partial charge in [-0.1, -0.05) is 12.8 Å². The van der Waals surface area contributed by atoms with Gasteiger partial charge in [0.1, 0.15) is 0 Å². The third kappa shape index (κ3) is 4.35. The Morgan fingerprint density at radius 1 is 1.27 bits per heavy atom. The van der Waals surface area contributed by atoms with Crippen LogP contribution >= 0.6 is 0 Å². The maximum atomic E-state index is 10.1. The average molecular weight is 202 g/mol. The number of hydrogen-bond donors (Lipinski definition) is 0. The van der Waals surface area contributed by atoms with E-state index in [4.69, 9.17) is 4.18 Å². The molecule has 0 radical (unpaired) electrons. The largest absolute Gasteiger partial charge is 1.00 e. The molecule has 0 spiro atoms. The maximum Gasteiger partial charge on any atom is 1.00 e. The molecule has 0 heterocycles. The molecule has 0 saturated heterocycles. The number of rotatable bonds is 2. The quantitative estimate of drug-likeness (QED) is 0.407. The fourth-order valence-electron chi connectivity index (χ4n) is 1.37. The van der Waals surface area contributed by atoms with Crippen LogP contribution in [0.5, 0.6) is 0 Å². The molecule has 11 heavy (non-hydrogen) atoms. The van der Waals surface area contributed by atoms with E-state index in [0.29, 0.717) is 0 Å². The first-order valence-electron chi connectivity index (χ1n) is 3.41. The summed E-state index contributed by atoms with van der Waals surface area (Å²) in [6.07, 6.45) is 3.88. The van der Waals surface area contributed by atoms with Crippen LogP contribution in [0, 0.1) is 0 Å². The summed E-state index contributed by atoms with van der Waals surface area (Å²) in [6.45, 7) is 1.84. The van der Waals surface area contributed by atoms with Crippen molar-refractivity contribution in [2.24, 2.45) is 0 Å². The minimum absolute atomic E-state index is 0. The summed E-state index contributed by atoms with van der Waals surface area (Å²) in [7, 11) is -2.34. The SMILES string of the molecule is CC1(O[S-](=O)=O)CCCC1.[K+]. The zero-order valence-corrected chi connectivity index (χ0v) is 10.9. The van der Waals surface area contributed by atoms with Crippen LogP contribution in [0.2, 0.25) is 0 Å². The molecular weight excluding hydrogens is 191 g/mol. The van der Waals surface area contributed by atoms with Crippen LogP contribution in [0.4, 0.5) is 0 Å². The van der Waals surface area contributed by atoms with Crippen molar-refractivity contribution in [2.45, 2.75) is 38.2 Å². The minimum atomic E-state index is -2.34. The summed E-state index contributed by atoms with van der Waals surface area (Å²) in [4.78, 5) is 0. The molecule has 3 nitrogen and oxygen atoms in total. The molecule has 0 atom stereocenters. The molecule has 60 valence electrons. The molecule has 1 aliphatic carbocycles. The van der Waals surface area contributed by atoms with Crippen molar-refractivity contribution in [1.82, 2.24) is 0 Å². The fraction of sp³-hybridized carbons (Fsp3) is 1.00. The summed E-state index contributed by atoms with van der Waals surface area (Å²) in [5.74, 6) is 0. The van der Waals surface area contributed by atoms with Gasteiger partial charge < -0.3 is 12.6 Å². The molecule has 1 rings (SSSR count). The normalized spacial score (nSPS) is 21.6. The van der Waals surface area contributed by atoms with Gasteiger partial charge in [0.05, 0.1) is 11.0 Å². The Morgan fingerprint density at radius 3 is 2.09 bits per heavy atom. The van der Waals surface area contributed by atoms with Gasteiger partial charge in [-0.25, -0.2) is 0 Å². The summed E-state index contributed by atoms with van der Waals surface area (Å²) < 4.78 is 25.0. The molecule has 0 aromatic carbocycles. The van der Waals surface area contributed by atoms with E-state index in [2.05, 4.69) is 0 Å². The van der Waals surface area contributed by atoms with Crippen LogP contribution in [-0.2, 0) is 23.6 Å². The third-order valence-corrected chi connectivity index (χ3v) is 2.47. The fourth-order valence-corrected chi connectivity index (χ4v) is 1.87. The minimum Gasteiger partial charge on any atom is -0.419 e. The Bertz CT molecular complexity index is 176. The molecule has 0 amide bonds. The van der Waals surface area contributed by atoms with E-state index < -0.39 is 16.6 Å². The summed E-state index contributed by atoms with van der Waals surface area (Å²) in [5.41, 5.74) is -0.396. The van der Waals surface area contributed by atoms with Gasteiger partial charge in [-0.3, -0.25) is 0 Å². The van der Waals surface area contributed by atoms with Gasteiger partial charge in [0.2, 0.25) is 0 Å². The van der Waals surface area contributed by atoms with Crippen molar-refractivity contribution in [3.05, 3.63) is 0 Å². The van der Waals surface area contributed by atoms with Crippen LogP contribution in [0.15, 0.2) is 0 Å². The zero-order chi connectivity index (χ0) is 7.61. The number of hydrogen-bond acceptors (Lipinski definition) is 4. The van der Waals surface area contributed by atoms with E-state index in [1.54, 1.807) is 0 Å². The van der Waals surface area contributed by atoms with Gasteiger partial charge >= 0.3 is 51.4 Å². The van der Waals surface area contributed by atoms with Gasteiger partial charge in [-0.05, 0) is 19.8 Å². The van der Waals surface area contributed by atoms with Crippen molar-refractivity contribution < 1.29 is 64.0 Å². The molecule has 1 saturated carbocycles. The van der Waals surface area contributed by atoms with E-state index in [0.717, 1.165) is 25.7 Å². The summed E-state index contributed by atoms with van der Waals surface area (Å²) in [5, 5.41) is 0. The van der Waals surface area contributed by atoms with Gasteiger partial charge in [-0.2, -0.15) is 0 Å². The van der Waals surface area contributed by atoms with Crippen molar-refractivity contribution in [3.63, 3.8) is 0 Å². The first-order chi connectivity index (χ1) is 4.62. The third-order valence-electron chi connectivity index (χ3n) is 1.93. The van der Waals surface area contributed by atoms with E-state index in [1.165, 1.54) is 0 Å². The second-order valence-corrected chi connectivity index (χ2v) is 3.52. The van der Waals surface area contributed by atoms with Crippen molar-refractivity contribution in [2.75, 3.05) is 0 Å². The molecule has 0 N–H and O–H groups in total. The average Bonchev–Trinajstić information content (AvgIpc) is 2.12. The molecule has 1 aliphatic rings. The Labute approximate surface area is 111 Å². The first kappa shape index (κ1) is 12.5. The Kier molecular flexibility index (Phi) is 6.06. The predicted octanol–water partition coefficient (Wildman–Crippen LogP) is -1.44. The van der Waals surface area contributed by atoms with Crippen molar-refractivity contribution in [3.8, 4) is 0 Å². The summed E-state index contributed by atoms with van der Waals surface area (Å²) in [6, 6.07) is 0. The Morgan fingerprint density at radius 2 is 1.73 bits per heavy atom. The standard InChI is InChI=1S/C6H11O3S.K/c1-6(9-10(7)8)4-2-3-5-6;/h2-5H2,1H3;/q-1;+1. The van der Waals surface area contributed by atoms with Crippen LogP contribution in [0.25, 0.3) is 0 Å². The molecule has 1 fully saturated rings. The molecule has 0 aliphatic heterocycles. The maximum absolute atomic E-state index is 10.1. The molecule has 0 bridgehead atoms. The topological polar surface area (TPSA) is 43.4 Å². The second-order valence-electron chi connectivity index (χ2n) is 2.94. The van der Waals surface area contributed by atoms with E-state index in [1.807, 2.05) is 6.92 Å². The van der Waals surface area contributed by atoms with Gasteiger partial charge in [0.25, 0.3) is 0 Å². The molecule has 5 heteroatoms. The van der Waals surface area contributed by atoms with Crippen molar-refractivity contribution >= 4 is 11.0 Å². The second kappa shape index (κ2) is 5.31.